The normalized spacial score (nSPS) is 35.9. The van der Waals surface area contributed by atoms with Gasteiger partial charge in [0.25, 0.3) is 5.91 Å². The summed E-state index contributed by atoms with van der Waals surface area (Å²) in [5.74, 6) is 2.15. The Morgan fingerprint density at radius 1 is 1.27 bits per heavy atom. The van der Waals surface area contributed by atoms with Crippen molar-refractivity contribution in [3.05, 3.63) is 29.4 Å². The van der Waals surface area contributed by atoms with Gasteiger partial charge in [-0.05, 0) is 53.5 Å². The molecule has 4 bridgehead atoms. The highest BCUT2D eigenvalue weighted by molar-refractivity contribution is 7.17. The van der Waals surface area contributed by atoms with Gasteiger partial charge in [-0.2, -0.15) is 0 Å². The van der Waals surface area contributed by atoms with Crippen LogP contribution in [0.5, 0.6) is 0 Å². The van der Waals surface area contributed by atoms with Gasteiger partial charge in [-0.1, -0.05) is 0 Å². The molecule has 3 aliphatic heterocycles. The summed E-state index contributed by atoms with van der Waals surface area (Å²) in [4.78, 5) is 19.6. The molecule has 5 atom stereocenters. The van der Waals surface area contributed by atoms with Crippen molar-refractivity contribution in [1.82, 2.24) is 15.2 Å². The zero-order chi connectivity index (χ0) is 14.7. The number of fused-ring (bicyclic) bond motifs is 1. The van der Waals surface area contributed by atoms with E-state index in [0.29, 0.717) is 23.6 Å². The summed E-state index contributed by atoms with van der Waals surface area (Å²) in [7, 11) is 0. The van der Waals surface area contributed by atoms with Crippen LogP contribution in [0.3, 0.4) is 0 Å². The Balaban J connectivity index is 1.38. The number of nitrogens with one attached hydrogen (secondary N) is 1. The van der Waals surface area contributed by atoms with E-state index in [1.807, 2.05) is 17.6 Å². The number of amides is 1. The quantitative estimate of drug-likeness (QED) is 0.926. The third-order valence-electron chi connectivity index (χ3n) is 5.66. The van der Waals surface area contributed by atoms with Gasteiger partial charge in [-0.15, -0.1) is 11.3 Å². The van der Waals surface area contributed by atoms with Crippen LogP contribution in [0.15, 0.2) is 23.7 Å². The Kier molecular flexibility index (Phi) is 2.82. The molecule has 1 saturated carbocycles. The lowest BCUT2D eigenvalue weighted by molar-refractivity contribution is -0.0419. The average molecular weight is 313 g/mol. The first-order valence-corrected chi connectivity index (χ1v) is 9.01. The smallest absolute Gasteiger partial charge is 0.270 e. The van der Waals surface area contributed by atoms with E-state index in [1.165, 1.54) is 19.4 Å². The second-order valence-corrected chi connectivity index (χ2v) is 8.05. The van der Waals surface area contributed by atoms with Gasteiger partial charge >= 0.3 is 0 Å². The average Bonchev–Trinajstić information content (AvgIpc) is 2.97. The Labute approximate surface area is 133 Å². The van der Waals surface area contributed by atoms with Crippen molar-refractivity contribution in [2.24, 2.45) is 17.8 Å². The number of hydrogen-bond acceptors (Lipinski definition) is 4. The molecule has 0 spiro atoms. The molecule has 0 aromatic carbocycles. The lowest BCUT2D eigenvalue weighted by Gasteiger charge is -2.55. The minimum Gasteiger partial charge on any atom is -0.347 e. The zero-order valence-electron chi connectivity index (χ0n) is 12.4. The van der Waals surface area contributed by atoms with E-state index in [1.54, 1.807) is 11.3 Å². The maximum absolute atomic E-state index is 12.6. The topological polar surface area (TPSA) is 45.2 Å². The number of rotatable bonds is 2. The van der Waals surface area contributed by atoms with Gasteiger partial charge in [0.2, 0.25) is 0 Å². The Bertz CT molecular complexity index is 712. The molecule has 1 aliphatic carbocycles. The highest BCUT2D eigenvalue weighted by Gasteiger charge is 2.47. The molecule has 1 amide bonds. The summed E-state index contributed by atoms with van der Waals surface area (Å²) in [6, 6.07) is 4.32. The van der Waals surface area contributed by atoms with Crippen LogP contribution in [0.1, 0.15) is 23.3 Å². The van der Waals surface area contributed by atoms with Crippen molar-refractivity contribution < 1.29 is 4.79 Å². The lowest BCUT2D eigenvalue weighted by Crippen LogP contribution is -2.64. The highest BCUT2D eigenvalue weighted by Crippen LogP contribution is 2.43. The second-order valence-electron chi connectivity index (χ2n) is 7.10. The van der Waals surface area contributed by atoms with Gasteiger partial charge in [0.15, 0.2) is 0 Å². The number of carbonyl (C=O) groups is 1. The summed E-state index contributed by atoms with van der Waals surface area (Å²) in [6.45, 7) is 3.61. The van der Waals surface area contributed by atoms with E-state index >= 15 is 0 Å². The number of hydrogen-bond donors (Lipinski definition) is 1. The summed E-state index contributed by atoms with van der Waals surface area (Å²) in [6.07, 6.45) is 4.39. The van der Waals surface area contributed by atoms with E-state index in [0.717, 1.165) is 29.1 Å². The predicted octanol–water partition coefficient (Wildman–Crippen LogP) is 2.37. The first-order valence-electron chi connectivity index (χ1n) is 8.13. The minimum atomic E-state index is 0.000531. The van der Waals surface area contributed by atoms with Crippen molar-refractivity contribution in [1.29, 1.82) is 0 Å². The fourth-order valence-corrected chi connectivity index (χ4v) is 5.60. The van der Waals surface area contributed by atoms with Crippen molar-refractivity contribution in [2.45, 2.75) is 18.9 Å². The standard InChI is InChI=1S/C17H19N3OS/c21-17(14-5-11-1-2-22-15(11)6-18-14)19-16-12-3-10-4-13(16)9-20(7-10)8-12/h1-2,5-6,10,12-13,16H,3-4,7-9H2,(H,19,21)/t10?,12-,13+,16?. The van der Waals surface area contributed by atoms with Gasteiger partial charge in [0.05, 0.1) is 4.70 Å². The number of carbonyl (C=O) groups excluding carboxylic acids is 1. The molecule has 3 unspecified atom stereocenters. The highest BCUT2D eigenvalue weighted by atomic mass is 32.1. The summed E-state index contributed by atoms with van der Waals surface area (Å²) in [5.41, 5.74) is 0.556. The third-order valence-corrected chi connectivity index (χ3v) is 6.53. The summed E-state index contributed by atoms with van der Waals surface area (Å²) < 4.78 is 1.14. The number of aromatic nitrogens is 1. The maximum Gasteiger partial charge on any atom is 0.270 e. The van der Waals surface area contributed by atoms with Crippen LogP contribution in [0, 0.1) is 17.8 Å². The number of pyridine rings is 1. The van der Waals surface area contributed by atoms with Crippen LogP contribution in [-0.4, -0.2) is 41.5 Å². The molecule has 5 heterocycles. The molecule has 22 heavy (non-hydrogen) atoms. The molecule has 2 aromatic heterocycles. The first-order chi connectivity index (χ1) is 10.8. The van der Waals surface area contributed by atoms with Crippen LogP contribution in [0.25, 0.3) is 10.1 Å². The molecule has 5 heteroatoms. The molecule has 6 rings (SSSR count). The molecule has 3 saturated heterocycles. The Morgan fingerprint density at radius 2 is 2.09 bits per heavy atom. The fourth-order valence-electron chi connectivity index (χ4n) is 4.86. The van der Waals surface area contributed by atoms with Gasteiger partial charge in [0, 0.05) is 31.9 Å². The van der Waals surface area contributed by atoms with Crippen LogP contribution >= 0.6 is 11.3 Å². The lowest BCUT2D eigenvalue weighted by atomic mass is 9.65. The fraction of sp³-hybridized carbons (Fsp3) is 0.529. The van der Waals surface area contributed by atoms with E-state index in [-0.39, 0.29) is 5.91 Å². The van der Waals surface area contributed by atoms with Crippen LogP contribution in [-0.2, 0) is 0 Å². The van der Waals surface area contributed by atoms with Crippen molar-refractivity contribution >= 4 is 27.3 Å². The van der Waals surface area contributed by atoms with Crippen molar-refractivity contribution in [2.75, 3.05) is 19.6 Å². The van der Waals surface area contributed by atoms with Gasteiger partial charge < -0.3 is 10.2 Å². The van der Waals surface area contributed by atoms with E-state index < -0.39 is 0 Å². The first kappa shape index (κ1) is 13.0. The van der Waals surface area contributed by atoms with Crippen molar-refractivity contribution in [3.63, 3.8) is 0 Å². The van der Waals surface area contributed by atoms with Gasteiger partial charge in [-0.25, -0.2) is 4.98 Å². The van der Waals surface area contributed by atoms with E-state index in [4.69, 9.17) is 0 Å². The molecule has 4 fully saturated rings. The molecular weight excluding hydrogens is 294 g/mol. The molecule has 114 valence electrons. The largest absolute Gasteiger partial charge is 0.347 e. The number of nitrogens with zero attached hydrogens (tertiary/aromatic N) is 2. The van der Waals surface area contributed by atoms with Crippen LogP contribution in [0.4, 0.5) is 0 Å². The predicted molar refractivity (Wildman–Crippen MR) is 87.0 cm³/mol. The molecule has 4 nitrogen and oxygen atoms in total. The maximum atomic E-state index is 12.6. The van der Waals surface area contributed by atoms with Gasteiger partial charge in [-0.3, -0.25) is 4.79 Å². The van der Waals surface area contributed by atoms with Crippen LogP contribution < -0.4 is 5.32 Å². The molecule has 0 radical (unpaired) electrons. The van der Waals surface area contributed by atoms with Gasteiger partial charge in [0.1, 0.15) is 5.69 Å². The SMILES string of the molecule is O=C(NC1[C@@H]2CC3C[C@H]1CN(C3)C2)c1cc2ccsc2cn1. The monoisotopic (exact) mass is 313 g/mol. The van der Waals surface area contributed by atoms with E-state index in [9.17, 15) is 4.79 Å². The second kappa shape index (κ2) is 4.77. The van der Waals surface area contributed by atoms with E-state index in [2.05, 4.69) is 21.3 Å². The zero-order valence-corrected chi connectivity index (χ0v) is 13.2. The van der Waals surface area contributed by atoms with Crippen molar-refractivity contribution in [3.8, 4) is 0 Å². The molecule has 1 N–H and O–H groups in total. The minimum absolute atomic E-state index is 0.000531. The number of thiophene rings is 1. The summed E-state index contributed by atoms with van der Waals surface area (Å²) in [5, 5.41) is 6.46. The third kappa shape index (κ3) is 1.99. The van der Waals surface area contributed by atoms with Crippen LogP contribution in [0.2, 0.25) is 0 Å². The molecule has 4 aliphatic rings. The molecular formula is C17H19N3OS. The molecule has 2 aromatic rings. The summed E-state index contributed by atoms with van der Waals surface area (Å²) >= 11 is 1.66. The number of piperidine rings is 3. The Morgan fingerprint density at radius 3 is 2.86 bits per heavy atom. The Hall–Kier alpha value is -1.46.